The molecule has 2 unspecified atom stereocenters. The molecule has 2 atom stereocenters. The van der Waals surface area contributed by atoms with Crippen molar-refractivity contribution >= 4 is 30.7 Å². The van der Waals surface area contributed by atoms with E-state index in [2.05, 4.69) is 41.4 Å². The molecule has 1 saturated heterocycles. The number of nitrogens with zero attached hydrogens (tertiary/aromatic N) is 1. The molecule has 0 radical (unpaired) electrons. The molecule has 1 amide bonds. The van der Waals surface area contributed by atoms with Crippen LogP contribution in [0.1, 0.15) is 48.0 Å². The van der Waals surface area contributed by atoms with Gasteiger partial charge in [0.05, 0.1) is 6.04 Å². The monoisotopic (exact) mass is 423 g/mol. The molecule has 3 rings (SSSR count). The number of nitrogens with one attached hydrogen (secondary N) is 1. The van der Waals surface area contributed by atoms with Crippen molar-refractivity contribution in [2.75, 3.05) is 19.6 Å². The Morgan fingerprint density at radius 1 is 1.00 bits per heavy atom. The molecule has 0 aromatic heterocycles. The number of benzene rings is 2. The fourth-order valence-corrected chi connectivity index (χ4v) is 3.60. The van der Waals surface area contributed by atoms with Gasteiger partial charge in [-0.3, -0.25) is 9.69 Å². The summed E-state index contributed by atoms with van der Waals surface area (Å²) >= 11 is 0. The molecular weight excluding hydrogens is 393 g/mol. The van der Waals surface area contributed by atoms with Crippen LogP contribution in [0.2, 0.25) is 0 Å². The van der Waals surface area contributed by atoms with E-state index in [1.807, 2.05) is 30.3 Å². The maximum atomic E-state index is 12.4. The normalized spacial score (nSPS) is 15.8. The summed E-state index contributed by atoms with van der Waals surface area (Å²) in [6.45, 7) is 4.92. The number of amides is 1. The molecule has 0 saturated carbocycles. The highest BCUT2D eigenvalue weighted by atomic mass is 35.5. The zero-order chi connectivity index (χ0) is 18.4. The summed E-state index contributed by atoms with van der Waals surface area (Å²) in [5.41, 5.74) is 9.70. The quantitative estimate of drug-likeness (QED) is 0.701. The molecular formula is C22H31Cl2N3O. The molecule has 1 fully saturated rings. The Labute approximate surface area is 180 Å². The van der Waals surface area contributed by atoms with Crippen LogP contribution in [0.5, 0.6) is 0 Å². The molecule has 2 aromatic carbocycles. The maximum Gasteiger partial charge on any atom is 0.221 e. The molecule has 4 nitrogen and oxygen atoms in total. The van der Waals surface area contributed by atoms with Crippen molar-refractivity contribution < 1.29 is 4.79 Å². The Morgan fingerprint density at radius 3 is 2.21 bits per heavy atom. The van der Waals surface area contributed by atoms with Crippen molar-refractivity contribution in [3.63, 3.8) is 0 Å². The van der Waals surface area contributed by atoms with Crippen LogP contribution in [0.15, 0.2) is 54.6 Å². The van der Waals surface area contributed by atoms with E-state index in [0.717, 1.165) is 18.7 Å². The second-order valence-electron chi connectivity index (χ2n) is 7.19. The zero-order valence-corrected chi connectivity index (χ0v) is 18.0. The van der Waals surface area contributed by atoms with Crippen molar-refractivity contribution in [1.29, 1.82) is 0 Å². The van der Waals surface area contributed by atoms with Crippen LogP contribution in [-0.4, -0.2) is 30.4 Å². The average molecular weight is 424 g/mol. The van der Waals surface area contributed by atoms with Crippen LogP contribution < -0.4 is 11.1 Å². The van der Waals surface area contributed by atoms with Gasteiger partial charge >= 0.3 is 0 Å². The summed E-state index contributed by atoms with van der Waals surface area (Å²) in [7, 11) is 0. The first-order chi connectivity index (χ1) is 12.6. The van der Waals surface area contributed by atoms with Crippen LogP contribution in [0.4, 0.5) is 0 Å². The summed E-state index contributed by atoms with van der Waals surface area (Å²) in [4.78, 5) is 14.9. The number of rotatable bonds is 7. The minimum Gasteiger partial charge on any atom is -0.354 e. The van der Waals surface area contributed by atoms with E-state index >= 15 is 0 Å². The molecule has 1 aliphatic heterocycles. The van der Waals surface area contributed by atoms with Crippen molar-refractivity contribution in [1.82, 2.24) is 10.2 Å². The lowest BCUT2D eigenvalue weighted by atomic mass is 10.0. The fourth-order valence-electron chi connectivity index (χ4n) is 3.60. The SMILES string of the molecule is Cc1ccc(C(CNC(=O)CC(N)c2ccccc2)N2CCCC2)cc1.Cl.Cl. The third-order valence-corrected chi connectivity index (χ3v) is 5.17. The van der Waals surface area contributed by atoms with Gasteiger partial charge in [-0.1, -0.05) is 60.2 Å². The van der Waals surface area contributed by atoms with Gasteiger partial charge in [0.2, 0.25) is 5.91 Å². The van der Waals surface area contributed by atoms with Gasteiger partial charge in [-0.25, -0.2) is 0 Å². The molecule has 0 aliphatic carbocycles. The molecule has 1 aliphatic rings. The third-order valence-electron chi connectivity index (χ3n) is 5.17. The van der Waals surface area contributed by atoms with Gasteiger partial charge in [0, 0.05) is 19.0 Å². The number of hydrogen-bond acceptors (Lipinski definition) is 3. The molecule has 0 bridgehead atoms. The number of nitrogens with two attached hydrogens (primary N) is 1. The largest absolute Gasteiger partial charge is 0.354 e. The van der Waals surface area contributed by atoms with E-state index in [4.69, 9.17) is 5.73 Å². The van der Waals surface area contributed by atoms with Gasteiger partial charge in [0.15, 0.2) is 0 Å². The molecule has 6 heteroatoms. The Kier molecular flexibility index (Phi) is 10.5. The summed E-state index contributed by atoms with van der Waals surface area (Å²) in [5, 5.41) is 3.11. The fraction of sp³-hybridized carbons (Fsp3) is 0.409. The van der Waals surface area contributed by atoms with E-state index in [1.165, 1.54) is 24.0 Å². The highest BCUT2D eigenvalue weighted by molar-refractivity contribution is 5.85. The number of halogens is 2. The zero-order valence-electron chi connectivity index (χ0n) is 16.3. The van der Waals surface area contributed by atoms with Gasteiger partial charge in [-0.05, 0) is 44.0 Å². The van der Waals surface area contributed by atoms with Crippen molar-refractivity contribution in [3.8, 4) is 0 Å². The smallest absolute Gasteiger partial charge is 0.221 e. The van der Waals surface area contributed by atoms with Crippen LogP contribution in [-0.2, 0) is 4.79 Å². The van der Waals surface area contributed by atoms with Gasteiger partial charge in [0.1, 0.15) is 0 Å². The first-order valence-corrected chi connectivity index (χ1v) is 9.51. The second-order valence-corrected chi connectivity index (χ2v) is 7.19. The molecule has 28 heavy (non-hydrogen) atoms. The van der Waals surface area contributed by atoms with E-state index in [0.29, 0.717) is 13.0 Å². The first kappa shape index (κ1) is 24.4. The van der Waals surface area contributed by atoms with E-state index < -0.39 is 0 Å². The highest BCUT2D eigenvalue weighted by Crippen LogP contribution is 2.25. The van der Waals surface area contributed by atoms with Gasteiger partial charge in [0.25, 0.3) is 0 Å². The Hall–Kier alpha value is -1.59. The minimum atomic E-state index is -0.263. The third kappa shape index (κ3) is 6.78. The summed E-state index contributed by atoms with van der Waals surface area (Å²) < 4.78 is 0. The molecule has 1 heterocycles. The standard InChI is InChI=1S/C22H29N3O.2ClH/c1-17-9-11-19(12-10-17)21(25-13-5-6-14-25)16-24-22(26)15-20(23)18-7-3-2-4-8-18;;/h2-4,7-12,20-21H,5-6,13-16,23H2,1H3,(H,24,26);2*1H. The lowest BCUT2D eigenvalue weighted by molar-refractivity contribution is -0.121. The molecule has 0 spiro atoms. The molecule has 2 aromatic rings. The lowest BCUT2D eigenvalue weighted by Gasteiger charge is -2.28. The Balaban J connectivity index is 0.00000196. The van der Waals surface area contributed by atoms with Crippen molar-refractivity contribution in [2.24, 2.45) is 5.73 Å². The topological polar surface area (TPSA) is 58.4 Å². The van der Waals surface area contributed by atoms with E-state index in [1.54, 1.807) is 0 Å². The van der Waals surface area contributed by atoms with Gasteiger partial charge in [-0.15, -0.1) is 24.8 Å². The predicted octanol–water partition coefficient (Wildman–Crippen LogP) is 4.18. The Bertz CT molecular complexity index is 703. The number of carbonyl (C=O) groups is 1. The number of hydrogen-bond donors (Lipinski definition) is 2. The number of likely N-dealkylation sites (tertiary alicyclic amines) is 1. The number of aryl methyl sites for hydroxylation is 1. The lowest BCUT2D eigenvalue weighted by Crippen LogP contribution is -2.37. The van der Waals surface area contributed by atoms with Crippen molar-refractivity contribution in [3.05, 3.63) is 71.3 Å². The predicted molar refractivity (Wildman–Crippen MR) is 120 cm³/mol. The van der Waals surface area contributed by atoms with Crippen LogP contribution in [0.3, 0.4) is 0 Å². The number of carbonyl (C=O) groups excluding carboxylic acids is 1. The molecule has 3 N–H and O–H groups in total. The van der Waals surface area contributed by atoms with Crippen LogP contribution >= 0.6 is 24.8 Å². The Morgan fingerprint density at radius 2 is 1.61 bits per heavy atom. The van der Waals surface area contributed by atoms with Crippen molar-refractivity contribution in [2.45, 2.75) is 38.3 Å². The summed E-state index contributed by atoms with van der Waals surface area (Å²) in [6, 6.07) is 18.4. The van der Waals surface area contributed by atoms with E-state index in [-0.39, 0.29) is 42.8 Å². The summed E-state index contributed by atoms with van der Waals surface area (Å²) in [6.07, 6.45) is 2.77. The van der Waals surface area contributed by atoms with E-state index in [9.17, 15) is 4.79 Å². The maximum absolute atomic E-state index is 12.4. The van der Waals surface area contributed by atoms with Crippen LogP contribution in [0.25, 0.3) is 0 Å². The summed E-state index contributed by atoms with van der Waals surface area (Å²) in [5.74, 6) is 0.0117. The van der Waals surface area contributed by atoms with Gasteiger partial charge in [-0.2, -0.15) is 0 Å². The first-order valence-electron chi connectivity index (χ1n) is 9.51. The molecule has 154 valence electrons. The highest BCUT2D eigenvalue weighted by Gasteiger charge is 2.24. The second kappa shape index (κ2) is 12.1. The van der Waals surface area contributed by atoms with Gasteiger partial charge < -0.3 is 11.1 Å². The minimum absolute atomic E-state index is 0. The van der Waals surface area contributed by atoms with Crippen LogP contribution in [0, 0.1) is 6.92 Å². The average Bonchev–Trinajstić information content (AvgIpc) is 3.18.